The minimum atomic E-state index is -0.226. The molecule has 12 heavy (non-hydrogen) atoms. The van der Waals surface area contributed by atoms with Crippen molar-refractivity contribution in [1.29, 1.82) is 5.26 Å². The van der Waals surface area contributed by atoms with Crippen molar-refractivity contribution >= 4 is 11.3 Å². The SMILES string of the molecule is COc1cscc1C(N)CC#N. The summed E-state index contributed by atoms with van der Waals surface area (Å²) in [5, 5.41) is 12.2. The summed E-state index contributed by atoms with van der Waals surface area (Å²) in [6, 6.07) is 1.81. The van der Waals surface area contributed by atoms with E-state index in [1.54, 1.807) is 7.11 Å². The minimum absolute atomic E-state index is 0.226. The van der Waals surface area contributed by atoms with Crippen molar-refractivity contribution in [2.24, 2.45) is 5.73 Å². The third-order valence-electron chi connectivity index (χ3n) is 1.59. The fourth-order valence-electron chi connectivity index (χ4n) is 0.940. The molecule has 1 aromatic rings. The minimum Gasteiger partial charge on any atom is -0.496 e. The van der Waals surface area contributed by atoms with Gasteiger partial charge in [-0.1, -0.05) is 0 Å². The van der Waals surface area contributed by atoms with Crippen molar-refractivity contribution < 1.29 is 4.74 Å². The first-order valence-electron chi connectivity index (χ1n) is 3.52. The number of nitrogens with two attached hydrogens (primary N) is 1. The van der Waals surface area contributed by atoms with Gasteiger partial charge in [0.05, 0.1) is 19.6 Å². The molecule has 1 unspecified atom stereocenters. The number of hydrogen-bond acceptors (Lipinski definition) is 4. The van der Waals surface area contributed by atoms with Gasteiger partial charge in [-0.3, -0.25) is 0 Å². The largest absolute Gasteiger partial charge is 0.496 e. The lowest BCUT2D eigenvalue weighted by atomic mass is 10.1. The summed E-state index contributed by atoms with van der Waals surface area (Å²) in [7, 11) is 1.60. The Morgan fingerprint density at radius 1 is 1.75 bits per heavy atom. The standard InChI is InChI=1S/C8H10N2OS/c1-11-8-5-12-4-6(8)7(10)2-3-9/h4-5,7H,2,10H2,1H3. The topological polar surface area (TPSA) is 59.0 Å². The highest BCUT2D eigenvalue weighted by molar-refractivity contribution is 7.08. The Balaban J connectivity index is 2.80. The van der Waals surface area contributed by atoms with E-state index >= 15 is 0 Å². The third kappa shape index (κ3) is 1.76. The molecule has 0 aliphatic heterocycles. The summed E-state index contributed by atoms with van der Waals surface area (Å²) in [5.41, 5.74) is 6.65. The van der Waals surface area contributed by atoms with Crippen LogP contribution < -0.4 is 10.5 Å². The van der Waals surface area contributed by atoms with Crippen LogP contribution in [0.3, 0.4) is 0 Å². The molecule has 0 amide bonds. The Morgan fingerprint density at radius 2 is 2.50 bits per heavy atom. The van der Waals surface area contributed by atoms with Gasteiger partial charge >= 0.3 is 0 Å². The fourth-order valence-corrected chi connectivity index (χ4v) is 1.80. The molecule has 0 spiro atoms. The number of hydrogen-bond donors (Lipinski definition) is 1. The van der Waals surface area contributed by atoms with Crippen LogP contribution in [0.15, 0.2) is 10.8 Å². The van der Waals surface area contributed by atoms with Crippen molar-refractivity contribution in [1.82, 2.24) is 0 Å². The maximum absolute atomic E-state index is 8.43. The molecule has 0 saturated heterocycles. The maximum Gasteiger partial charge on any atom is 0.134 e. The number of methoxy groups -OCH3 is 1. The van der Waals surface area contributed by atoms with Crippen LogP contribution in [0.2, 0.25) is 0 Å². The zero-order chi connectivity index (χ0) is 8.97. The predicted molar refractivity (Wildman–Crippen MR) is 48.0 cm³/mol. The predicted octanol–water partition coefficient (Wildman–Crippen LogP) is 1.67. The van der Waals surface area contributed by atoms with Gasteiger partial charge in [0.1, 0.15) is 5.75 Å². The van der Waals surface area contributed by atoms with E-state index in [0.717, 1.165) is 11.3 Å². The van der Waals surface area contributed by atoms with Gasteiger partial charge in [-0.25, -0.2) is 0 Å². The molecule has 1 aromatic heterocycles. The summed E-state index contributed by atoms with van der Waals surface area (Å²) >= 11 is 1.53. The van der Waals surface area contributed by atoms with Gasteiger partial charge < -0.3 is 10.5 Å². The highest BCUT2D eigenvalue weighted by atomic mass is 32.1. The number of nitrogens with zero attached hydrogens (tertiary/aromatic N) is 1. The molecular weight excluding hydrogens is 172 g/mol. The number of rotatable bonds is 3. The summed E-state index contributed by atoms with van der Waals surface area (Å²) < 4.78 is 5.07. The number of thiophene rings is 1. The van der Waals surface area contributed by atoms with Crippen LogP contribution in [0.5, 0.6) is 5.75 Å². The Morgan fingerprint density at radius 3 is 3.08 bits per heavy atom. The van der Waals surface area contributed by atoms with Gasteiger partial charge in [0.15, 0.2) is 0 Å². The quantitative estimate of drug-likeness (QED) is 0.773. The summed E-state index contributed by atoms with van der Waals surface area (Å²) in [4.78, 5) is 0. The lowest BCUT2D eigenvalue weighted by molar-refractivity contribution is 0.408. The molecule has 0 fully saturated rings. The van der Waals surface area contributed by atoms with Crippen LogP contribution in [0.1, 0.15) is 18.0 Å². The van der Waals surface area contributed by atoms with Crippen LogP contribution >= 0.6 is 11.3 Å². The average Bonchev–Trinajstić information content (AvgIpc) is 2.51. The van der Waals surface area contributed by atoms with Gasteiger partial charge in [0.25, 0.3) is 0 Å². The Hall–Kier alpha value is -1.05. The molecule has 64 valence electrons. The van der Waals surface area contributed by atoms with Crippen LogP contribution in [-0.4, -0.2) is 7.11 Å². The van der Waals surface area contributed by atoms with E-state index in [1.165, 1.54) is 11.3 Å². The van der Waals surface area contributed by atoms with Crippen LogP contribution in [-0.2, 0) is 0 Å². The van der Waals surface area contributed by atoms with Gasteiger partial charge in [-0.2, -0.15) is 5.26 Å². The summed E-state index contributed by atoms with van der Waals surface area (Å²) in [5.74, 6) is 0.780. The monoisotopic (exact) mass is 182 g/mol. The molecule has 3 nitrogen and oxygen atoms in total. The molecular formula is C8H10N2OS. The normalized spacial score (nSPS) is 12.1. The maximum atomic E-state index is 8.43. The molecule has 1 atom stereocenters. The van der Waals surface area contributed by atoms with E-state index in [0.29, 0.717) is 6.42 Å². The van der Waals surface area contributed by atoms with Crippen LogP contribution in [0.25, 0.3) is 0 Å². The Kier molecular flexibility index (Phi) is 3.09. The van der Waals surface area contributed by atoms with Gasteiger partial charge in [0.2, 0.25) is 0 Å². The second-order valence-electron chi connectivity index (χ2n) is 2.36. The van der Waals surface area contributed by atoms with Crippen molar-refractivity contribution in [3.8, 4) is 11.8 Å². The smallest absolute Gasteiger partial charge is 0.134 e. The zero-order valence-electron chi connectivity index (χ0n) is 6.78. The van der Waals surface area contributed by atoms with E-state index in [-0.39, 0.29) is 6.04 Å². The van der Waals surface area contributed by atoms with Crippen molar-refractivity contribution in [3.63, 3.8) is 0 Å². The number of nitriles is 1. The molecule has 2 N–H and O–H groups in total. The van der Waals surface area contributed by atoms with Crippen molar-refractivity contribution in [2.75, 3.05) is 7.11 Å². The van der Waals surface area contributed by atoms with E-state index in [1.807, 2.05) is 16.8 Å². The third-order valence-corrected chi connectivity index (χ3v) is 2.33. The van der Waals surface area contributed by atoms with Gasteiger partial charge in [-0.05, 0) is 5.38 Å². The molecule has 0 radical (unpaired) electrons. The fraction of sp³-hybridized carbons (Fsp3) is 0.375. The highest BCUT2D eigenvalue weighted by Crippen LogP contribution is 2.28. The summed E-state index contributed by atoms with van der Waals surface area (Å²) in [6.07, 6.45) is 0.326. The zero-order valence-corrected chi connectivity index (χ0v) is 7.60. The van der Waals surface area contributed by atoms with Gasteiger partial charge in [0, 0.05) is 17.0 Å². The molecule has 0 aliphatic rings. The van der Waals surface area contributed by atoms with E-state index < -0.39 is 0 Å². The molecule has 0 bridgehead atoms. The Bertz CT molecular complexity index is 289. The van der Waals surface area contributed by atoms with E-state index in [2.05, 4.69) is 0 Å². The van der Waals surface area contributed by atoms with E-state index in [4.69, 9.17) is 15.7 Å². The molecule has 0 aliphatic carbocycles. The average molecular weight is 182 g/mol. The first kappa shape index (κ1) is 9.04. The lowest BCUT2D eigenvalue weighted by Crippen LogP contribution is -2.09. The first-order valence-corrected chi connectivity index (χ1v) is 4.46. The molecule has 0 saturated carbocycles. The van der Waals surface area contributed by atoms with Crippen LogP contribution in [0.4, 0.5) is 0 Å². The second kappa shape index (κ2) is 4.10. The van der Waals surface area contributed by atoms with Crippen molar-refractivity contribution in [3.05, 3.63) is 16.3 Å². The summed E-state index contributed by atoms with van der Waals surface area (Å²) in [6.45, 7) is 0. The Labute approximate surface area is 75.4 Å². The van der Waals surface area contributed by atoms with Crippen molar-refractivity contribution in [2.45, 2.75) is 12.5 Å². The molecule has 1 heterocycles. The molecule has 0 aromatic carbocycles. The van der Waals surface area contributed by atoms with E-state index in [9.17, 15) is 0 Å². The van der Waals surface area contributed by atoms with Crippen LogP contribution in [0, 0.1) is 11.3 Å². The number of ether oxygens (including phenoxy) is 1. The first-order chi connectivity index (χ1) is 5.79. The molecule has 1 rings (SSSR count). The van der Waals surface area contributed by atoms with Gasteiger partial charge in [-0.15, -0.1) is 11.3 Å². The highest BCUT2D eigenvalue weighted by Gasteiger charge is 2.11. The second-order valence-corrected chi connectivity index (χ2v) is 3.11. The lowest BCUT2D eigenvalue weighted by Gasteiger charge is -2.07. The molecule has 4 heteroatoms.